The molecular weight excluding hydrogens is 703 g/mol. The predicted octanol–water partition coefficient (Wildman–Crippen LogP) is 6.18. The maximum absolute atomic E-state index is 11.2. The van der Waals surface area contributed by atoms with E-state index in [-0.39, 0.29) is 37.6 Å². The highest BCUT2D eigenvalue weighted by atomic mass is 32.2. The Labute approximate surface area is 284 Å². The van der Waals surface area contributed by atoms with E-state index in [1.807, 2.05) is 49.4 Å². The molecule has 4 N–H and O–H groups in total. The Morgan fingerprint density at radius 1 is 0.653 bits per heavy atom. The van der Waals surface area contributed by atoms with Crippen LogP contribution in [0.25, 0.3) is 10.8 Å². The number of benzene rings is 4. The first kappa shape index (κ1) is 38.6. The molecule has 0 radical (unpaired) electrons. The number of anilines is 1. The highest BCUT2D eigenvalue weighted by molar-refractivity contribution is 7.86. The normalized spacial score (nSPS) is 11.8. The minimum atomic E-state index is -4.15. The second kappa shape index (κ2) is 17.5. The Balaban J connectivity index is 0.00000154. The van der Waals surface area contributed by atoms with Gasteiger partial charge in [0, 0.05) is 12.1 Å². The molecule has 0 saturated heterocycles. The van der Waals surface area contributed by atoms with Crippen LogP contribution in [0.5, 0.6) is 11.5 Å². The van der Waals surface area contributed by atoms with Gasteiger partial charge < -0.3 is 15.2 Å². The smallest absolute Gasteiger partial charge is 0.425 e. The zero-order valence-electron chi connectivity index (χ0n) is 26.3. The molecule has 0 atom stereocenters. The molecular formula is C30H33N5O11S3. The number of nitrogens with zero attached hydrogens (tertiary/aromatic N) is 4. The zero-order valence-corrected chi connectivity index (χ0v) is 28.7. The van der Waals surface area contributed by atoms with Crippen molar-refractivity contribution >= 4 is 70.1 Å². The van der Waals surface area contributed by atoms with Crippen LogP contribution < -0.4 is 15.2 Å². The van der Waals surface area contributed by atoms with E-state index in [0.29, 0.717) is 34.0 Å². The average Bonchev–Trinajstić information content (AvgIpc) is 3.00. The van der Waals surface area contributed by atoms with Crippen molar-refractivity contribution in [3.63, 3.8) is 0 Å². The Hall–Kier alpha value is -4.82. The van der Waals surface area contributed by atoms with Crippen LogP contribution in [-0.4, -0.2) is 63.3 Å². The van der Waals surface area contributed by atoms with Gasteiger partial charge in [0.1, 0.15) is 17.2 Å². The number of rotatable bonds is 14. The van der Waals surface area contributed by atoms with E-state index in [2.05, 4.69) is 20.5 Å². The van der Waals surface area contributed by atoms with Crippen molar-refractivity contribution in [2.45, 2.75) is 26.7 Å². The van der Waals surface area contributed by atoms with Gasteiger partial charge in [0.15, 0.2) is 0 Å². The molecule has 0 unspecified atom stereocenters. The lowest BCUT2D eigenvalue weighted by Gasteiger charge is -2.12. The van der Waals surface area contributed by atoms with Gasteiger partial charge in [-0.05, 0) is 72.9 Å². The molecule has 0 aliphatic rings. The molecule has 4 aromatic rings. The van der Waals surface area contributed by atoms with Gasteiger partial charge >= 0.3 is 10.6 Å². The monoisotopic (exact) mass is 735 g/mol. The van der Waals surface area contributed by atoms with Crippen LogP contribution in [-0.2, 0) is 30.8 Å². The van der Waals surface area contributed by atoms with Crippen LogP contribution in [0.3, 0.4) is 0 Å². The third-order valence-electron chi connectivity index (χ3n) is 6.49. The number of aryl methyl sites for hydroxylation is 2. The maximum atomic E-state index is 11.2. The van der Waals surface area contributed by atoms with E-state index >= 15 is 0 Å². The summed E-state index contributed by atoms with van der Waals surface area (Å²) < 4.78 is 99.0. The number of nitrogens with two attached hydrogens (primary N) is 1. The van der Waals surface area contributed by atoms with Crippen LogP contribution in [0.15, 0.2) is 87.2 Å². The summed E-state index contributed by atoms with van der Waals surface area (Å²) >= 11 is 0. The summed E-state index contributed by atoms with van der Waals surface area (Å²) in [5, 5.41) is 19.6. The van der Waals surface area contributed by atoms with Crippen LogP contribution in [0, 0.1) is 13.8 Å². The summed E-state index contributed by atoms with van der Waals surface area (Å²) in [6, 6.07) is 20.2. The van der Waals surface area contributed by atoms with Crippen LogP contribution in [0.2, 0.25) is 0 Å². The molecule has 16 nitrogen and oxygen atoms in total. The molecule has 0 aliphatic carbocycles. The van der Waals surface area contributed by atoms with E-state index in [1.54, 1.807) is 31.2 Å². The molecule has 0 fully saturated rings. The largest absolute Gasteiger partial charge is 0.491 e. The van der Waals surface area contributed by atoms with E-state index in [1.165, 1.54) is 0 Å². The number of azo groups is 2. The van der Waals surface area contributed by atoms with E-state index in [0.717, 1.165) is 16.3 Å². The molecule has 0 amide bonds. The van der Waals surface area contributed by atoms with E-state index < -0.39 is 42.4 Å². The van der Waals surface area contributed by atoms with Crippen LogP contribution >= 0.6 is 0 Å². The molecule has 0 spiro atoms. The lowest BCUT2D eigenvalue weighted by Crippen LogP contribution is -2.09. The zero-order chi connectivity index (χ0) is 36.2. The Bertz CT molecular complexity index is 2190. The number of ether oxygens (including phenoxy) is 2. The van der Waals surface area contributed by atoms with Gasteiger partial charge in [-0.1, -0.05) is 30.3 Å². The van der Waals surface area contributed by atoms with Gasteiger partial charge in [-0.25, -0.2) is 0 Å². The van der Waals surface area contributed by atoms with Gasteiger partial charge in [-0.3, -0.25) is 9.11 Å². The SMILES string of the molecule is Cc1cc(N=Nc2cc(OCCCS(=O)(=O)O)c(N)cc2C)c(OCCCS(=O)(=O)O)cc1N=Nc1ccc2ccccc2c1.O=S(=O)=O. The summed E-state index contributed by atoms with van der Waals surface area (Å²) in [5.41, 5.74) is 9.68. The Kier molecular flexibility index (Phi) is 13.8. The van der Waals surface area contributed by atoms with Gasteiger partial charge in [-0.15, -0.1) is 17.7 Å². The van der Waals surface area contributed by atoms with Crippen molar-refractivity contribution in [3.05, 3.63) is 77.9 Å². The summed E-state index contributed by atoms with van der Waals surface area (Å²) in [6.45, 7) is 3.57. The third kappa shape index (κ3) is 13.7. The van der Waals surface area contributed by atoms with Gasteiger partial charge in [-0.2, -0.15) is 32.2 Å². The fourth-order valence-corrected chi connectivity index (χ4v) is 5.17. The molecule has 0 aromatic heterocycles. The standard InChI is InChI=1S/C30H33N5O8S2.O3S/c1-20-15-25(31)29(42-11-5-13-44(36,37)38)18-26(20)34-35-28-16-21(2)27(19-30(28)43-12-6-14-45(39,40)41)33-32-24-10-9-22-7-3-4-8-23(22)17-24;1-4(2)3/h3-4,7-10,15-19H,5-6,11-14,31H2,1-2H3,(H,36,37,38)(H,39,40,41);. The average molecular weight is 736 g/mol. The molecule has 0 bridgehead atoms. The van der Waals surface area contributed by atoms with Crippen molar-refractivity contribution in [2.24, 2.45) is 20.5 Å². The number of fused-ring (bicyclic) bond motifs is 1. The predicted molar refractivity (Wildman–Crippen MR) is 182 cm³/mol. The van der Waals surface area contributed by atoms with Crippen LogP contribution in [0.4, 0.5) is 28.4 Å². The third-order valence-corrected chi connectivity index (χ3v) is 8.10. The molecule has 0 saturated carbocycles. The van der Waals surface area contributed by atoms with Crippen molar-refractivity contribution in [3.8, 4) is 11.5 Å². The van der Waals surface area contributed by atoms with Crippen molar-refractivity contribution in [2.75, 3.05) is 30.5 Å². The minimum Gasteiger partial charge on any atom is -0.491 e. The fraction of sp³-hybridized carbons (Fsp3) is 0.267. The van der Waals surface area contributed by atoms with Crippen molar-refractivity contribution in [1.29, 1.82) is 0 Å². The maximum Gasteiger partial charge on any atom is 0.425 e. The van der Waals surface area contributed by atoms with Gasteiger partial charge in [0.05, 0.1) is 47.5 Å². The van der Waals surface area contributed by atoms with E-state index in [4.69, 9.17) is 36.9 Å². The fourth-order valence-electron chi connectivity index (χ4n) is 4.20. The highest BCUT2D eigenvalue weighted by Gasteiger charge is 2.13. The quantitative estimate of drug-likeness (QED) is 0.0568. The van der Waals surface area contributed by atoms with Crippen LogP contribution in [0.1, 0.15) is 24.0 Å². The molecule has 4 rings (SSSR count). The molecule has 49 heavy (non-hydrogen) atoms. The summed E-state index contributed by atoms with van der Waals surface area (Å²) in [4.78, 5) is 0. The first-order valence-corrected chi connectivity index (χ1v) is 18.5. The lowest BCUT2D eigenvalue weighted by atomic mass is 10.1. The van der Waals surface area contributed by atoms with E-state index in [9.17, 15) is 16.8 Å². The Morgan fingerprint density at radius 2 is 1.14 bits per heavy atom. The molecule has 4 aromatic carbocycles. The van der Waals surface area contributed by atoms with Gasteiger partial charge in [0.2, 0.25) is 0 Å². The highest BCUT2D eigenvalue weighted by Crippen LogP contribution is 2.38. The lowest BCUT2D eigenvalue weighted by molar-refractivity contribution is 0.317. The number of hydrogen-bond acceptors (Lipinski definition) is 14. The summed E-state index contributed by atoms with van der Waals surface area (Å²) in [7, 11) is -11.4. The topological polar surface area (TPSA) is 254 Å². The molecule has 262 valence electrons. The summed E-state index contributed by atoms with van der Waals surface area (Å²) in [6.07, 6.45) is 0.0949. The second-order valence-corrected chi connectivity index (χ2v) is 13.9. The molecule has 19 heteroatoms. The first-order chi connectivity index (χ1) is 23.0. The summed E-state index contributed by atoms with van der Waals surface area (Å²) in [5.74, 6) is -0.383. The van der Waals surface area contributed by atoms with Crippen molar-refractivity contribution < 1.29 is 48.0 Å². The molecule has 0 heterocycles. The number of hydrogen-bond donors (Lipinski definition) is 3. The van der Waals surface area contributed by atoms with Crippen molar-refractivity contribution in [1.82, 2.24) is 0 Å². The number of nitrogen functional groups attached to an aromatic ring is 1. The Morgan fingerprint density at radius 3 is 1.73 bits per heavy atom. The molecule has 0 aliphatic heterocycles. The van der Waals surface area contributed by atoms with Gasteiger partial charge in [0.25, 0.3) is 20.2 Å². The first-order valence-electron chi connectivity index (χ1n) is 14.3. The second-order valence-electron chi connectivity index (χ2n) is 10.4. The minimum absolute atomic E-state index is 0.000399.